The second kappa shape index (κ2) is 25.4. The van der Waals surface area contributed by atoms with Gasteiger partial charge in [0.15, 0.2) is 0 Å². The predicted octanol–water partition coefficient (Wildman–Crippen LogP) is 14.2. The first-order chi connectivity index (χ1) is 34.8. The topological polar surface area (TPSA) is 77.4 Å². The molecule has 2 aliphatic rings. The van der Waals surface area contributed by atoms with E-state index in [1.807, 2.05) is 6.08 Å². The Morgan fingerprint density at radius 3 is 1.34 bits per heavy atom. The molecule has 8 rings (SSSR count). The summed E-state index contributed by atoms with van der Waals surface area (Å²) in [5.74, 6) is 0. The molecule has 0 saturated heterocycles. The SMILES string of the molecule is C=Cc1ccc(/C=C/c2ccc3c(c2)C(CCCOCCOC)(CCCOCCOC)c2cc(CCc4ccc(/C=C/c5ccc6c(c5)C(CCCO)(CCCO)c5cc(Br)ccc5-6)cc4)ccc2-3)cc1. The van der Waals surface area contributed by atoms with E-state index in [9.17, 15) is 10.2 Å². The summed E-state index contributed by atoms with van der Waals surface area (Å²) in [5, 5.41) is 19.9. The van der Waals surface area contributed by atoms with Crippen LogP contribution in [0.5, 0.6) is 0 Å². The highest BCUT2D eigenvalue weighted by Gasteiger charge is 2.44. The lowest BCUT2D eigenvalue weighted by molar-refractivity contribution is 0.0629. The van der Waals surface area contributed by atoms with E-state index in [0.717, 1.165) is 78.1 Å². The molecule has 0 fully saturated rings. The second-order valence-electron chi connectivity index (χ2n) is 19.2. The standard InChI is InChI=1S/C64H71BrO6/c1-4-47-9-11-48(12-10-47)17-20-52-23-27-55-56-28-24-53(45-61(56)64(60(55)44-52,33-7-37-70-41-39-68-2)34-8-38-71-42-40-69-3)22-19-50-15-13-49(14-16-50)18-21-51-25-29-57-58-30-26-54(65)46-62(58)63(31-5-35-66,32-6-36-67)59(57)43-51/h4,9-18,20-21,23-30,43-46,66-67H,1,5-8,19,22,31-42H2,2-3H3/b20-17+,21-18+. The van der Waals surface area contributed by atoms with Crippen LogP contribution in [0.2, 0.25) is 0 Å². The van der Waals surface area contributed by atoms with Gasteiger partial charge in [-0.1, -0.05) is 162 Å². The Bertz CT molecular complexity index is 2730. The molecule has 6 nitrogen and oxygen atoms in total. The first kappa shape index (κ1) is 52.1. The van der Waals surface area contributed by atoms with Gasteiger partial charge in [0.05, 0.1) is 26.4 Å². The van der Waals surface area contributed by atoms with Crippen LogP contribution in [-0.4, -0.2) is 77.3 Å². The lowest BCUT2D eigenvalue weighted by Crippen LogP contribution is -2.27. The monoisotopic (exact) mass is 1010 g/mol. The van der Waals surface area contributed by atoms with Gasteiger partial charge in [0, 0.05) is 55.9 Å². The summed E-state index contributed by atoms with van der Waals surface area (Å²) in [7, 11) is 3.44. The fourth-order valence-electron chi connectivity index (χ4n) is 11.1. The molecule has 0 aromatic heterocycles. The zero-order valence-corrected chi connectivity index (χ0v) is 43.4. The number of methoxy groups -OCH3 is 2. The molecular weight excluding hydrogens is 945 g/mol. The van der Waals surface area contributed by atoms with E-state index in [-0.39, 0.29) is 24.0 Å². The maximum atomic E-state index is 9.95. The van der Waals surface area contributed by atoms with Gasteiger partial charge in [0.1, 0.15) is 0 Å². The molecule has 71 heavy (non-hydrogen) atoms. The number of aliphatic hydroxyl groups excluding tert-OH is 2. The van der Waals surface area contributed by atoms with Gasteiger partial charge in [0.25, 0.3) is 0 Å². The summed E-state index contributed by atoms with van der Waals surface area (Å²) in [5.41, 5.74) is 18.5. The molecule has 0 aliphatic heterocycles. The van der Waals surface area contributed by atoms with Crippen LogP contribution < -0.4 is 0 Å². The van der Waals surface area contributed by atoms with Crippen LogP contribution in [0.3, 0.4) is 0 Å². The number of ether oxygens (including phenoxy) is 4. The molecule has 0 saturated carbocycles. The molecule has 0 bridgehead atoms. The van der Waals surface area contributed by atoms with Gasteiger partial charge in [-0.15, -0.1) is 0 Å². The Hall–Kier alpha value is -5.22. The van der Waals surface area contributed by atoms with Crippen LogP contribution >= 0.6 is 15.9 Å². The quantitative estimate of drug-likeness (QED) is 0.0377. The minimum Gasteiger partial charge on any atom is -0.396 e. The second-order valence-corrected chi connectivity index (χ2v) is 20.1. The van der Waals surface area contributed by atoms with E-state index in [1.54, 1.807) is 14.2 Å². The van der Waals surface area contributed by atoms with Crippen molar-refractivity contribution in [1.29, 1.82) is 0 Å². The van der Waals surface area contributed by atoms with Crippen molar-refractivity contribution in [2.24, 2.45) is 0 Å². The maximum absolute atomic E-state index is 9.95. The highest BCUT2D eigenvalue weighted by atomic mass is 79.9. The molecule has 2 aliphatic carbocycles. The molecule has 0 amide bonds. The van der Waals surface area contributed by atoms with Crippen LogP contribution in [0, 0.1) is 0 Å². The number of aryl methyl sites for hydroxylation is 2. The van der Waals surface area contributed by atoms with Crippen molar-refractivity contribution in [2.75, 3.05) is 67.1 Å². The molecule has 7 heteroatoms. The normalized spacial score (nSPS) is 14.0. The number of hydrogen-bond acceptors (Lipinski definition) is 6. The molecule has 6 aromatic carbocycles. The molecule has 0 spiro atoms. The zero-order valence-electron chi connectivity index (χ0n) is 41.8. The lowest BCUT2D eigenvalue weighted by atomic mass is 9.70. The number of rotatable bonds is 28. The fourth-order valence-corrected chi connectivity index (χ4v) is 11.5. The molecule has 0 heterocycles. The lowest BCUT2D eigenvalue weighted by Gasteiger charge is -2.33. The maximum Gasteiger partial charge on any atom is 0.0700 e. The summed E-state index contributed by atoms with van der Waals surface area (Å²) >= 11 is 3.73. The molecule has 0 radical (unpaired) electrons. The first-order valence-electron chi connectivity index (χ1n) is 25.6. The molecule has 6 aromatic rings. The van der Waals surface area contributed by atoms with Gasteiger partial charge >= 0.3 is 0 Å². The highest BCUT2D eigenvalue weighted by Crippen LogP contribution is 2.56. The predicted molar refractivity (Wildman–Crippen MR) is 298 cm³/mol. The van der Waals surface area contributed by atoms with Gasteiger partial charge in [-0.25, -0.2) is 0 Å². The molecule has 2 N–H and O–H groups in total. The molecule has 370 valence electrons. The summed E-state index contributed by atoms with van der Waals surface area (Å²) in [6.45, 7) is 7.94. The number of halogens is 1. The van der Waals surface area contributed by atoms with Crippen molar-refractivity contribution in [3.05, 3.63) is 194 Å². The Balaban J connectivity index is 1.02. The smallest absolute Gasteiger partial charge is 0.0700 e. The van der Waals surface area contributed by atoms with Crippen molar-refractivity contribution in [1.82, 2.24) is 0 Å². The Morgan fingerprint density at radius 1 is 0.437 bits per heavy atom. The molecular formula is C64H71BrO6. The van der Waals surface area contributed by atoms with Gasteiger partial charge in [-0.3, -0.25) is 0 Å². The average Bonchev–Trinajstić information content (AvgIpc) is 3.82. The summed E-state index contributed by atoms with van der Waals surface area (Å²) in [6, 6.07) is 45.1. The van der Waals surface area contributed by atoms with Gasteiger partial charge in [-0.2, -0.15) is 0 Å². The van der Waals surface area contributed by atoms with Crippen molar-refractivity contribution < 1.29 is 29.2 Å². The number of hydrogen-bond donors (Lipinski definition) is 2. The van der Waals surface area contributed by atoms with Crippen LogP contribution in [0.15, 0.2) is 132 Å². The Kier molecular flexibility index (Phi) is 18.7. The Morgan fingerprint density at radius 2 is 0.831 bits per heavy atom. The zero-order chi connectivity index (χ0) is 49.5. The van der Waals surface area contributed by atoms with Crippen molar-refractivity contribution >= 4 is 46.3 Å². The van der Waals surface area contributed by atoms with Crippen LogP contribution in [0.4, 0.5) is 0 Å². The molecule has 0 unspecified atom stereocenters. The minimum atomic E-state index is -0.255. The van der Waals surface area contributed by atoms with Crippen molar-refractivity contribution in [2.45, 2.75) is 75.0 Å². The Labute approximate surface area is 431 Å². The van der Waals surface area contributed by atoms with E-state index in [2.05, 4.69) is 168 Å². The van der Waals surface area contributed by atoms with Crippen LogP contribution in [-0.2, 0) is 42.6 Å². The summed E-state index contributed by atoms with van der Waals surface area (Å²) in [6.07, 6.45) is 19.5. The third-order valence-corrected chi connectivity index (χ3v) is 15.3. The minimum absolute atomic E-state index is 0.143. The third-order valence-electron chi connectivity index (χ3n) is 14.8. The highest BCUT2D eigenvalue weighted by molar-refractivity contribution is 9.10. The summed E-state index contributed by atoms with van der Waals surface area (Å²) in [4.78, 5) is 0. The molecule has 0 atom stereocenters. The number of fused-ring (bicyclic) bond motifs is 6. The van der Waals surface area contributed by atoms with E-state index in [1.165, 1.54) is 61.2 Å². The third kappa shape index (κ3) is 12.4. The van der Waals surface area contributed by atoms with E-state index in [0.29, 0.717) is 52.5 Å². The van der Waals surface area contributed by atoms with E-state index >= 15 is 0 Å². The number of benzene rings is 6. The van der Waals surface area contributed by atoms with Crippen molar-refractivity contribution in [3.63, 3.8) is 0 Å². The number of aliphatic hydroxyl groups is 2. The summed E-state index contributed by atoms with van der Waals surface area (Å²) < 4.78 is 23.8. The van der Waals surface area contributed by atoms with E-state index < -0.39 is 0 Å². The van der Waals surface area contributed by atoms with Gasteiger partial charge < -0.3 is 29.2 Å². The van der Waals surface area contributed by atoms with E-state index in [4.69, 9.17) is 18.9 Å². The van der Waals surface area contributed by atoms with Gasteiger partial charge in [-0.05, 0) is 160 Å². The fraction of sp³-hybridized carbons (Fsp3) is 0.344. The van der Waals surface area contributed by atoms with Crippen molar-refractivity contribution in [3.8, 4) is 22.3 Å². The largest absolute Gasteiger partial charge is 0.396 e. The average molecular weight is 1020 g/mol. The van der Waals surface area contributed by atoms with Gasteiger partial charge in [0.2, 0.25) is 0 Å². The first-order valence-corrected chi connectivity index (χ1v) is 26.4. The van der Waals surface area contributed by atoms with Crippen LogP contribution in [0.25, 0.3) is 52.6 Å². The van der Waals surface area contributed by atoms with Crippen LogP contribution in [0.1, 0.15) is 113 Å².